The van der Waals surface area contributed by atoms with Crippen LogP contribution >= 0.6 is 0 Å². The molecule has 1 aliphatic carbocycles. The second-order valence-corrected chi connectivity index (χ2v) is 8.08. The molecule has 2 heterocycles. The number of phenolic OH excluding ortho intramolecular Hbond substituents is 1. The van der Waals surface area contributed by atoms with Crippen LogP contribution in [0.5, 0.6) is 23.0 Å². The van der Waals surface area contributed by atoms with Gasteiger partial charge in [-0.1, -0.05) is 12.2 Å². The van der Waals surface area contributed by atoms with E-state index in [1.165, 1.54) is 28.4 Å². The molecule has 5 rings (SSSR count). The van der Waals surface area contributed by atoms with E-state index in [2.05, 4.69) is 4.98 Å². The molecule has 1 unspecified atom stereocenters. The predicted molar refractivity (Wildman–Crippen MR) is 125 cm³/mol. The number of nitrogens with one attached hydrogen (secondary N) is 1. The Morgan fingerprint density at radius 2 is 1.82 bits per heavy atom. The van der Waals surface area contributed by atoms with Crippen LogP contribution < -0.4 is 19.1 Å². The molecule has 2 N–H and O–H groups in total. The van der Waals surface area contributed by atoms with Gasteiger partial charge in [-0.05, 0) is 29.7 Å². The number of hydrogen-bond donors (Lipinski definition) is 2. The summed E-state index contributed by atoms with van der Waals surface area (Å²) in [6.07, 6.45) is 4.13. The van der Waals surface area contributed by atoms with E-state index in [1.807, 2.05) is 6.08 Å². The zero-order valence-electron chi connectivity index (χ0n) is 19.2. The van der Waals surface area contributed by atoms with Crippen molar-refractivity contribution in [3.8, 4) is 23.0 Å². The topological polar surface area (TPSA) is 110 Å². The van der Waals surface area contributed by atoms with Crippen LogP contribution in [0.1, 0.15) is 33.1 Å². The summed E-state index contributed by atoms with van der Waals surface area (Å²) >= 11 is 0. The Balaban J connectivity index is 1.56. The van der Waals surface area contributed by atoms with Gasteiger partial charge in [-0.3, -0.25) is 9.59 Å². The maximum Gasteiger partial charge on any atom is 0.317 e. The normalized spacial score (nSPS) is 15.9. The van der Waals surface area contributed by atoms with E-state index >= 15 is 0 Å². The second-order valence-electron chi connectivity index (χ2n) is 8.08. The van der Waals surface area contributed by atoms with Crippen LogP contribution in [0.25, 0.3) is 17.0 Å². The lowest BCUT2D eigenvalue weighted by Gasteiger charge is -2.19. The molecule has 1 atom stereocenters. The van der Waals surface area contributed by atoms with E-state index in [0.717, 1.165) is 16.5 Å². The Bertz CT molecular complexity index is 1370. The molecule has 1 aliphatic heterocycles. The molecular formula is C25H24N2O7. The Labute approximate surface area is 195 Å². The number of carbonyl (C=O) groups excluding carboxylic acids is 2. The van der Waals surface area contributed by atoms with Gasteiger partial charge in [-0.15, -0.1) is 0 Å². The molecule has 0 fully saturated rings. The van der Waals surface area contributed by atoms with E-state index in [0.29, 0.717) is 52.7 Å². The van der Waals surface area contributed by atoms with Crippen molar-refractivity contribution in [2.75, 3.05) is 39.9 Å². The lowest BCUT2D eigenvalue weighted by atomic mass is 9.95. The molecule has 0 spiro atoms. The lowest BCUT2D eigenvalue weighted by molar-refractivity contribution is -0.141. The summed E-state index contributed by atoms with van der Waals surface area (Å²) in [5.41, 5.74) is 3.81. The van der Waals surface area contributed by atoms with Gasteiger partial charge in [0.2, 0.25) is 5.75 Å². The fraction of sp³-hybridized carbons (Fsp3) is 0.280. The number of benzene rings is 2. The van der Waals surface area contributed by atoms with Gasteiger partial charge in [-0.25, -0.2) is 0 Å². The zero-order chi connectivity index (χ0) is 24.1. The molecule has 1 aromatic heterocycles. The fourth-order valence-corrected chi connectivity index (χ4v) is 4.93. The van der Waals surface area contributed by atoms with E-state index in [4.69, 9.17) is 18.9 Å². The van der Waals surface area contributed by atoms with E-state index in [9.17, 15) is 14.7 Å². The number of anilines is 1. The Morgan fingerprint density at radius 3 is 2.50 bits per heavy atom. The number of fused-ring (bicyclic) bond motifs is 4. The van der Waals surface area contributed by atoms with Gasteiger partial charge in [-0.2, -0.15) is 0 Å². The van der Waals surface area contributed by atoms with Gasteiger partial charge >= 0.3 is 5.97 Å². The minimum atomic E-state index is -0.652. The summed E-state index contributed by atoms with van der Waals surface area (Å²) in [5.74, 6) is -0.0223. The zero-order valence-corrected chi connectivity index (χ0v) is 19.2. The first-order valence-corrected chi connectivity index (χ1v) is 10.7. The van der Waals surface area contributed by atoms with Crippen molar-refractivity contribution in [1.29, 1.82) is 0 Å². The lowest BCUT2D eigenvalue weighted by Crippen LogP contribution is -2.29. The van der Waals surface area contributed by atoms with Crippen molar-refractivity contribution in [3.05, 3.63) is 46.7 Å². The van der Waals surface area contributed by atoms with Crippen LogP contribution in [-0.2, 0) is 16.0 Å². The van der Waals surface area contributed by atoms with Gasteiger partial charge in [0.1, 0.15) is 17.4 Å². The molecule has 0 radical (unpaired) electrons. The SMILES string of the molecule is COC(=O)C1C=Cc2c3c(cc(O)c21)N(C(=O)c1cc2cc(OC)c(OC)c(OC)c2[nH]1)CC3. The molecule has 1 amide bonds. The highest BCUT2D eigenvalue weighted by Crippen LogP contribution is 2.47. The summed E-state index contributed by atoms with van der Waals surface area (Å²) in [4.78, 5) is 30.5. The maximum absolute atomic E-state index is 13.5. The third kappa shape index (κ3) is 3.00. The fourth-order valence-electron chi connectivity index (χ4n) is 4.93. The highest BCUT2D eigenvalue weighted by molar-refractivity contribution is 6.10. The highest BCUT2D eigenvalue weighted by Gasteiger charge is 2.36. The quantitative estimate of drug-likeness (QED) is 0.557. The van der Waals surface area contributed by atoms with Crippen LogP contribution in [0.2, 0.25) is 0 Å². The number of esters is 1. The minimum Gasteiger partial charge on any atom is -0.508 e. The van der Waals surface area contributed by atoms with Crippen molar-refractivity contribution >= 4 is 34.5 Å². The van der Waals surface area contributed by atoms with E-state index in [1.54, 1.807) is 29.2 Å². The minimum absolute atomic E-state index is 0.0401. The number of aromatic nitrogens is 1. The highest BCUT2D eigenvalue weighted by atomic mass is 16.5. The standard InChI is InChI=1S/C25H24N2O7/c1-31-19-10-12-9-16(26-21(12)23(33-3)22(19)32-2)24(29)27-8-7-13-14-5-6-15(25(30)34-4)20(14)18(28)11-17(13)27/h5-6,9-11,15,26,28H,7-8H2,1-4H3. The van der Waals surface area contributed by atoms with Gasteiger partial charge in [0.05, 0.1) is 39.6 Å². The van der Waals surface area contributed by atoms with Crippen molar-refractivity contribution in [1.82, 2.24) is 4.98 Å². The number of nitrogens with zero attached hydrogens (tertiary/aromatic N) is 1. The second kappa shape index (κ2) is 8.02. The first-order valence-electron chi connectivity index (χ1n) is 10.7. The first kappa shape index (κ1) is 21.7. The Kier molecular flexibility index (Phi) is 5.11. The summed E-state index contributed by atoms with van der Waals surface area (Å²) < 4.78 is 21.2. The third-order valence-electron chi connectivity index (χ3n) is 6.47. The van der Waals surface area contributed by atoms with Crippen LogP contribution in [0.3, 0.4) is 0 Å². The molecule has 0 bridgehead atoms. The number of hydrogen-bond acceptors (Lipinski definition) is 7. The van der Waals surface area contributed by atoms with Crippen LogP contribution in [-0.4, -0.2) is 57.0 Å². The number of aromatic amines is 1. The number of carbonyl (C=O) groups is 2. The summed E-state index contributed by atoms with van der Waals surface area (Å²) in [6, 6.07) is 5.07. The molecule has 2 aliphatic rings. The van der Waals surface area contributed by atoms with Crippen molar-refractivity contribution in [2.45, 2.75) is 12.3 Å². The molecule has 34 heavy (non-hydrogen) atoms. The third-order valence-corrected chi connectivity index (χ3v) is 6.47. The predicted octanol–water partition coefficient (Wildman–Crippen LogP) is 3.39. The Hall–Kier alpha value is -4.14. The van der Waals surface area contributed by atoms with Gasteiger partial charge in [0.15, 0.2) is 11.5 Å². The molecule has 9 heteroatoms. The number of phenols is 1. The molecule has 0 saturated carbocycles. The number of amides is 1. The van der Waals surface area contributed by atoms with Gasteiger partial charge in [0, 0.05) is 23.6 Å². The number of H-pyrrole nitrogens is 1. The van der Waals surface area contributed by atoms with Crippen LogP contribution in [0.4, 0.5) is 5.69 Å². The number of methoxy groups -OCH3 is 4. The molecule has 0 saturated heterocycles. The number of rotatable bonds is 5. The van der Waals surface area contributed by atoms with Crippen molar-refractivity contribution < 1.29 is 33.6 Å². The number of ether oxygens (including phenoxy) is 4. The smallest absolute Gasteiger partial charge is 0.317 e. The van der Waals surface area contributed by atoms with Crippen LogP contribution in [0.15, 0.2) is 24.3 Å². The summed E-state index contributed by atoms with van der Waals surface area (Å²) in [6.45, 7) is 0.444. The average molecular weight is 464 g/mol. The van der Waals surface area contributed by atoms with Gasteiger partial charge < -0.3 is 33.9 Å². The van der Waals surface area contributed by atoms with E-state index in [-0.39, 0.29) is 11.7 Å². The summed E-state index contributed by atoms with van der Waals surface area (Å²) in [7, 11) is 5.90. The monoisotopic (exact) mass is 464 g/mol. The summed E-state index contributed by atoms with van der Waals surface area (Å²) in [5, 5.41) is 11.5. The van der Waals surface area contributed by atoms with Crippen LogP contribution in [0, 0.1) is 0 Å². The average Bonchev–Trinajstić information content (AvgIpc) is 3.57. The van der Waals surface area contributed by atoms with E-state index < -0.39 is 11.9 Å². The number of aromatic hydroxyl groups is 1. The van der Waals surface area contributed by atoms with Crippen molar-refractivity contribution in [3.63, 3.8) is 0 Å². The Morgan fingerprint density at radius 1 is 1.06 bits per heavy atom. The largest absolute Gasteiger partial charge is 0.508 e. The molecule has 176 valence electrons. The molecule has 2 aromatic carbocycles. The van der Waals surface area contributed by atoms with Gasteiger partial charge in [0.25, 0.3) is 5.91 Å². The molecular weight excluding hydrogens is 440 g/mol. The van der Waals surface area contributed by atoms with Crippen molar-refractivity contribution in [2.24, 2.45) is 0 Å². The first-order chi connectivity index (χ1) is 16.4. The molecule has 9 nitrogen and oxygen atoms in total. The maximum atomic E-state index is 13.5. The molecule has 3 aromatic rings.